The third kappa shape index (κ3) is 10.4. The van der Waals surface area contributed by atoms with Crippen LogP contribution in [-0.2, 0) is 21.5 Å². The van der Waals surface area contributed by atoms with Gasteiger partial charge in [0.05, 0.1) is 0 Å². The molecule has 0 saturated carbocycles. The van der Waals surface area contributed by atoms with Crippen molar-refractivity contribution in [3.05, 3.63) is 11.4 Å². The molecule has 0 heterocycles. The van der Waals surface area contributed by atoms with Crippen LogP contribution >= 0.6 is 0 Å². The predicted octanol–water partition coefficient (Wildman–Crippen LogP) is 4.44. The van der Waals surface area contributed by atoms with Crippen LogP contribution in [0.25, 0.3) is 0 Å². The number of rotatable bonds is 12. The predicted molar refractivity (Wildman–Crippen MR) is 110 cm³/mol. The Morgan fingerprint density at radius 2 is 0.917 bits per heavy atom. The zero-order valence-electron chi connectivity index (χ0n) is 17.3. The van der Waals surface area contributed by atoms with Crippen molar-refractivity contribution in [1.82, 2.24) is 0 Å². The van der Waals surface area contributed by atoms with Gasteiger partial charge in [-0.05, 0) is 78.0 Å². The molecule has 0 aliphatic carbocycles. The van der Waals surface area contributed by atoms with E-state index in [0.717, 1.165) is 0 Å². The Bertz CT molecular complexity index is 357. The third-order valence-electron chi connectivity index (χ3n) is 2.64. The van der Waals surface area contributed by atoms with Gasteiger partial charge in [-0.3, -0.25) is 0 Å². The van der Waals surface area contributed by atoms with Crippen molar-refractivity contribution in [3.63, 3.8) is 0 Å². The lowest BCUT2D eigenvalue weighted by Crippen LogP contribution is -2.53. The molecule has 0 fully saturated rings. The summed E-state index contributed by atoms with van der Waals surface area (Å²) in [5.74, 6) is 0. The molecular weight excluding hydrogens is 373 g/mol. The minimum Gasteiger partial charge on any atom is -0.434 e. The van der Waals surface area contributed by atoms with E-state index in [1.807, 2.05) is 26.5 Å². The van der Waals surface area contributed by atoms with Crippen molar-refractivity contribution in [2.45, 2.75) is 66.6 Å². The summed E-state index contributed by atoms with van der Waals surface area (Å²) in [6.45, 7) is 22.8. The zero-order valence-corrected chi connectivity index (χ0v) is 21.3. The third-order valence-corrected chi connectivity index (χ3v) is 14.5. The molecule has 9 heteroatoms. The zero-order chi connectivity index (χ0) is 19.1. The Morgan fingerprint density at radius 1 is 0.583 bits per heavy atom. The molecule has 0 atom stereocenters. The summed E-state index contributed by atoms with van der Waals surface area (Å²) in [7, 11) is -8.80. The summed E-state index contributed by atoms with van der Waals surface area (Å²) < 4.78 is 30.7. The Balaban J connectivity index is 5.63. The van der Waals surface area contributed by atoms with E-state index in [0.29, 0.717) is 19.8 Å². The van der Waals surface area contributed by atoms with E-state index in [1.165, 1.54) is 0 Å². The fourth-order valence-electron chi connectivity index (χ4n) is 2.43. The van der Waals surface area contributed by atoms with Crippen molar-refractivity contribution in [1.29, 1.82) is 0 Å². The first kappa shape index (κ1) is 24.4. The summed E-state index contributed by atoms with van der Waals surface area (Å²) in [6.07, 6.45) is 0. The van der Waals surface area contributed by atoms with E-state index in [2.05, 4.69) is 51.5 Å². The van der Waals surface area contributed by atoms with Crippen molar-refractivity contribution in [2.75, 3.05) is 19.8 Å². The van der Waals surface area contributed by atoms with Crippen LogP contribution in [0.4, 0.5) is 0 Å². The second kappa shape index (κ2) is 9.93. The summed E-state index contributed by atoms with van der Waals surface area (Å²) in [4.78, 5) is 0. The van der Waals surface area contributed by atoms with Crippen LogP contribution in [0.15, 0.2) is 11.4 Å². The van der Waals surface area contributed by atoms with E-state index in [1.54, 1.807) is 0 Å². The molecule has 0 radical (unpaired) electrons. The Labute approximate surface area is 153 Å². The van der Waals surface area contributed by atoms with Crippen molar-refractivity contribution in [2.24, 2.45) is 0 Å². The van der Waals surface area contributed by atoms with Crippen LogP contribution in [0.1, 0.15) is 20.8 Å². The van der Waals surface area contributed by atoms with Crippen LogP contribution in [0.5, 0.6) is 0 Å². The second-order valence-electron chi connectivity index (χ2n) is 7.68. The highest BCUT2D eigenvalue weighted by molar-refractivity contribution is 6.90. The maximum absolute atomic E-state index is 6.49. The van der Waals surface area contributed by atoms with Gasteiger partial charge in [-0.2, -0.15) is 0 Å². The van der Waals surface area contributed by atoms with E-state index in [4.69, 9.17) is 21.5 Å². The van der Waals surface area contributed by atoms with E-state index in [-0.39, 0.29) is 0 Å². The molecule has 0 aromatic carbocycles. The minimum atomic E-state index is -2.83. The average molecular weight is 411 g/mol. The van der Waals surface area contributed by atoms with Crippen LogP contribution < -0.4 is 0 Å². The SMILES string of the molecule is CCO[Si](/C=C/[Si](C)(O[Si](C)(C)C)O[Si](C)(C)C)(OCC)OCC. The molecule has 0 unspecified atom stereocenters. The van der Waals surface area contributed by atoms with Gasteiger partial charge in [0.1, 0.15) is 0 Å². The highest BCUT2D eigenvalue weighted by Crippen LogP contribution is 2.23. The van der Waals surface area contributed by atoms with E-state index < -0.39 is 34.0 Å². The monoisotopic (exact) mass is 410 g/mol. The standard InChI is InChI=1S/C15H38O5Si4/c1-11-16-24(17-12-2,18-13-3)15-14-23(10,19-21(4,5)6)20-22(7,8)9/h14-15H,11-13H2,1-10H3/b15-14+. The van der Waals surface area contributed by atoms with Crippen molar-refractivity contribution < 1.29 is 21.5 Å². The van der Waals surface area contributed by atoms with Gasteiger partial charge in [-0.15, -0.1) is 0 Å². The maximum Gasteiger partial charge on any atom is 0.529 e. The lowest BCUT2D eigenvalue weighted by Gasteiger charge is -2.37. The summed E-state index contributed by atoms with van der Waals surface area (Å²) in [5.41, 5.74) is 4.06. The molecule has 0 aromatic rings. The van der Waals surface area contributed by atoms with Gasteiger partial charge in [0.25, 0.3) is 0 Å². The first-order valence-corrected chi connectivity index (χ1v) is 19.8. The molecule has 0 aliphatic rings. The van der Waals surface area contributed by atoms with Crippen LogP contribution in [0.2, 0.25) is 45.8 Å². The second-order valence-corrected chi connectivity index (χ2v) is 22.5. The Hall–Kier alpha value is 0.408. The number of hydrogen-bond donors (Lipinski definition) is 0. The highest BCUT2D eigenvalue weighted by Gasteiger charge is 2.43. The summed E-state index contributed by atoms with van der Waals surface area (Å²) in [6, 6.07) is 0. The molecule has 0 spiro atoms. The average Bonchev–Trinajstić information content (AvgIpc) is 2.33. The fourth-order valence-corrected chi connectivity index (χ4v) is 17.0. The minimum absolute atomic E-state index is 0.554. The quantitative estimate of drug-likeness (QED) is 0.445. The van der Waals surface area contributed by atoms with Gasteiger partial charge in [-0.25, -0.2) is 0 Å². The lowest BCUT2D eigenvalue weighted by molar-refractivity contribution is 0.0842. The smallest absolute Gasteiger partial charge is 0.434 e. The van der Waals surface area contributed by atoms with Gasteiger partial charge < -0.3 is 21.5 Å². The Kier molecular flexibility index (Phi) is 10.1. The molecule has 0 saturated heterocycles. The summed E-state index contributed by atoms with van der Waals surface area (Å²) >= 11 is 0. The van der Waals surface area contributed by atoms with Gasteiger partial charge in [0.2, 0.25) is 0 Å². The number of hydrogen-bond acceptors (Lipinski definition) is 5. The first-order valence-electron chi connectivity index (χ1n) is 8.83. The molecule has 0 rings (SSSR count). The van der Waals surface area contributed by atoms with Gasteiger partial charge in [0.15, 0.2) is 16.6 Å². The topological polar surface area (TPSA) is 46.2 Å². The fraction of sp³-hybridized carbons (Fsp3) is 0.867. The van der Waals surface area contributed by atoms with E-state index in [9.17, 15) is 0 Å². The largest absolute Gasteiger partial charge is 0.529 e. The van der Waals surface area contributed by atoms with Gasteiger partial charge in [0, 0.05) is 19.8 Å². The molecule has 0 aromatic heterocycles. The molecule has 24 heavy (non-hydrogen) atoms. The summed E-state index contributed by atoms with van der Waals surface area (Å²) in [5, 5.41) is 0. The molecule has 0 aliphatic heterocycles. The van der Waals surface area contributed by atoms with Crippen molar-refractivity contribution in [3.8, 4) is 0 Å². The maximum atomic E-state index is 6.49. The Morgan fingerprint density at radius 3 is 1.17 bits per heavy atom. The molecule has 5 nitrogen and oxygen atoms in total. The lowest BCUT2D eigenvalue weighted by atomic mass is 10.9. The van der Waals surface area contributed by atoms with E-state index >= 15 is 0 Å². The van der Waals surface area contributed by atoms with Crippen LogP contribution in [-0.4, -0.2) is 53.8 Å². The molecule has 0 bridgehead atoms. The van der Waals surface area contributed by atoms with Gasteiger partial charge in [-0.1, -0.05) is 0 Å². The first-order chi connectivity index (χ1) is 10.8. The normalized spacial score (nSPS) is 14.6. The molecule has 0 amide bonds. The van der Waals surface area contributed by atoms with Crippen LogP contribution in [0.3, 0.4) is 0 Å². The molecule has 0 N–H and O–H groups in total. The van der Waals surface area contributed by atoms with Gasteiger partial charge >= 0.3 is 17.4 Å². The molecule has 144 valence electrons. The van der Waals surface area contributed by atoms with Crippen LogP contribution in [0, 0.1) is 0 Å². The molecular formula is C15H38O5Si4. The van der Waals surface area contributed by atoms with Crippen molar-refractivity contribution >= 4 is 34.0 Å². The highest BCUT2D eigenvalue weighted by atomic mass is 28.5.